The fraction of sp³-hybridized carbons (Fsp3) is 0.500. The van der Waals surface area contributed by atoms with Crippen molar-refractivity contribution < 1.29 is 5.11 Å². The highest BCUT2D eigenvalue weighted by Crippen LogP contribution is 2.27. The lowest BCUT2D eigenvalue weighted by atomic mass is 10.0. The molecule has 19 heavy (non-hydrogen) atoms. The van der Waals surface area contributed by atoms with Gasteiger partial charge in [0.15, 0.2) is 0 Å². The van der Waals surface area contributed by atoms with E-state index in [0.717, 1.165) is 16.0 Å². The predicted molar refractivity (Wildman–Crippen MR) is 79.2 cm³/mol. The highest BCUT2D eigenvalue weighted by Gasteiger charge is 2.16. The zero-order valence-electron chi connectivity index (χ0n) is 11.1. The van der Waals surface area contributed by atoms with E-state index in [9.17, 15) is 0 Å². The van der Waals surface area contributed by atoms with E-state index < -0.39 is 0 Å². The number of hydrogen-bond donors (Lipinski definition) is 4. The number of thiophene rings is 1. The van der Waals surface area contributed by atoms with Crippen LogP contribution >= 0.6 is 11.3 Å². The van der Waals surface area contributed by atoms with Crippen molar-refractivity contribution in [2.75, 3.05) is 17.3 Å². The molecular formula is C12H19N5OS. The molecule has 7 heteroatoms. The highest BCUT2D eigenvalue weighted by molar-refractivity contribution is 7.16. The minimum Gasteiger partial charge on any atom is -0.396 e. The third-order valence-electron chi connectivity index (χ3n) is 3.02. The number of nitrogens with zero attached hydrogens (tertiary/aromatic N) is 2. The summed E-state index contributed by atoms with van der Waals surface area (Å²) in [4.78, 5) is 9.54. The lowest BCUT2D eigenvalue weighted by Crippen LogP contribution is -2.27. The fourth-order valence-electron chi connectivity index (χ4n) is 1.92. The summed E-state index contributed by atoms with van der Waals surface area (Å²) >= 11 is 1.54. The van der Waals surface area contributed by atoms with Crippen molar-refractivity contribution in [3.8, 4) is 0 Å². The molecule has 0 radical (unpaired) electrons. The molecule has 1 unspecified atom stereocenters. The predicted octanol–water partition coefficient (Wildman–Crippen LogP) is 1.80. The van der Waals surface area contributed by atoms with Crippen LogP contribution in [0.15, 0.2) is 11.4 Å². The van der Waals surface area contributed by atoms with Gasteiger partial charge in [0.05, 0.1) is 5.39 Å². The maximum Gasteiger partial charge on any atom is 0.240 e. The van der Waals surface area contributed by atoms with Crippen LogP contribution in [-0.2, 0) is 0 Å². The Morgan fingerprint density at radius 3 is 2.84 bits per heavy atom. The molecule has 0 aromatic carbocycles. The summed E-state index contributed by atoms with van der Waals surface area (Å²) in [6.45, 7) is 4.37. The van der Waals surface area contributed by atoms with Crippen LogP contribution in [-0.4, -0.2) is 27.7 Å². The summed E-state index contributed by atoms with van der Waals surface area (Å²) in [5.74, 6) is 6.93. The van der Waals surface area contributed by atoms with Crippen molar-refractivity contribution in [2.45, 2.75) is 26.3 Å². The Balaban J connectivity index is 2.34. The van der Waals surface area contributed by atoms with Crippen LogP contribution in [0.2, 0.25) is 0 Å². The Morgan fingerprint density at radius 1 is 1.42 bits per heavy atom. The molecule has 2 rings (SSSR count). The summed E-state index contributed by atoms with van der Waals surface area (Å²) < 4.78 is 0. The number of aliphatic hydroxyl groups excluding tert-OH is 1. The number of aromatic nitrogens is 2. The number of aliphatic hydroxyl groups is 1. The van der Waals surface area contributed by atoms with Gasteiger partial charge in [0.25, 0.3) is 0 Å². The molecule has 2 aromatic heterocycles. The number of anilines is 2. The SMILES string of the molecule is CC(C)C(CCO)Nc1nc(NN)nc2sccc12. The molecule has 2 aromatic rings. The molecule has 0 aliphatic carbocycles. The Labute approximate surface area is 116 Å². The van der Waals surface area contributed by atoms with E-state index in [-0.39, 0.29) is 12.6 Å². The van der Waals surface area contributed by atoms with E-state index in [1.54, 1.807) is 11.3 Å². The Hall–Kier alpha value is -1.44. The summed E-state index contributed by atoms with van der Waals surface area (Å²) in [5.41, 5.74) is 2.48. The van der Waals surface area contributed by atoms with Crippen molar-refractivity contribution in [1.82, 2.24) is 9.97 Å². The van der Waals surface area contributed by atoms with Gasteiger partial charge in [-0.05, 0) is 23.8 Å². The Bertz CT molecular complexity index is 542. The first-order chi connectivity index (χ1) is 9.15. The van der Waals surface area contributed by atoms with Crippen LogP contribution in [0.5, 0.6) is 0 Å². The molecule has 6 nitrogen and oxygen atoms in total. The first-order valence-corrected chi connectivity index (χ1v) is 7.13. The van der Waals surface area contributed by atoms with Gasteiger partial charge < -0.3 is 10.4 Å². The normalized spacial score (nSPS) is 12.9. The molecule has 0 spiro atoms. The first-order valence-electron chi connectivity index (χ1n) is 6.25. The molecule has 0 aliphatic rings. The van der Waals surface area contributed by atoms with Crippen molar-refractivity contribution in [3.05, 3.63) is 11.4 Å². The van der Waals surface area contributed by atoms with Crippen LogP contribution in [0.1, 0.15) is 20.3 Å². The van der Waals surface area contributed by atoms with Crippen molar-refractivity contribution in [1.29, 1.82) is 0 Å². The van der Waals surface area contributed by atoms with E-state index in [2.05, 4.69) is 34.6 Å². The van der Waals surface area contributed by atoms with Gasteiger partial charge in [-0.1, -0.05) is 13.8 Å². The van der Waals surface area contributed by atoms with Gasteiger partial charge in [0.2, 0.25) is 5.95 Å². The van der Waals surface area contributed by atoms with Gasteiger partial charge in [-0.25, -0.2) is 10.8 Å². The second-order valence-electron chi connectivity index (χ2n) is 4.69. The molecule has 0 saturated heterocycles. The highest BCUT2D eigenvalue weighted by atomic mass is 32.1. The van der Waals surface area contributed by atoms with Crippen LogP contribution in [0.3, 0.4) is 0 Å². The quantitative estimate of drug-likeness (QED) is 0.476. The summed E-state index contributed by atoms with van der Waals surface area (Å²) in [5, 5.41) is 15.5. The van der Waals surface area contributed by atoms with Crippen LogP contribution in [0.4, 0.5) is 11.8 Å². The number of nitrogen functional groups attached to an aromatic ring is 1. The Kier molecular flexibility index (Phi) is 4.52. The third kappa shape index (κ3) is 3.12. The second-order valence-corrected chi connectivity index (χ2v) is 5.58. The van der Waals surface area contributed by atoms with E-state index in [1.165, 1.54) is 0 Å². The lowest BCUT2D eigenvalue weighted by Gasteiger charge is -2.22. The van der Waals surface area contributed by atoms with Gasteiger partial charge in [0.1, 0.15) is 10.6 Å². The number of nitrogens with one attached hydrogen (secondary N) is 2. The number of fused-ring (bicyclic) bond motifs is 1. The molecule has 104 valence electrons. The van der Waals surface area contributed by atoms with Crippen LogP contribution in [0.25, 0.3) is 10.2 Å². The van der Waals surface area contributed by atoms with Gasteiger partial charge >= 0.3 is 0 Å². The molecule has 0 amide bonds. The zero-order chi connectivity index (χ0) is 13.8. The minimum atomic E-state index is 0.149. The molecule has 0 aliphatic heterocycles. The number of rotatable bonds is 6. The fourth-order valence-corrected chi connectivity index (χ4v) is 2.68. The van der Waals surface area contributed by atoms with Crippen molar-refractivity contribution in [3.63, 3.8) is 0 Å². The van der Waals surface area contributed by atoms with Gasteiger partial charge in [-0.15, -0.1) is 11.3 Å². The van der Waals surface area contributed by atoms with E-state index >= 15 is 0 Å². The lowest BCUT2D eigenvalue weighted by molar-refractivity contribution is 0.267. The third-order valence-corrected chi connectivity index (χ3v) is 3.83. The average molecular weight is 281 g/mol. The minimum absolute atomic E-state index is 0.149. The molecular weight excluding hydrogens is 262 g/mol. The van der Waals surface area contributed by atoms with E-state index in [0.29, 0.717) is 18.3 Å². The van der Waals surface area contributed by atoms with Crippen LogP contribution < -0.4 is 16.6 Å². The largest absolute Gasteiger partial charge is 0.396 e. The number of hydrazine groups is 1. The topological polar surface area (TPSA) is 96.1 Å². The molecule has 1 atom stereocenters. The molecule has 5 N–H and O–H groups in total. The second kappa shape index (κ2) is 6.14. The number of hydrogen-bond acceptors (Lipinski definition) is 7. The molecule has 0 fully saturated rings. The monoisotopic (exact) mass is 281 g/mol. The molecule has 0 bridgehead atoms. The number of nitrogens with two attached hydrogens (primary N) is 1. The average Bonchev–Trinajstić information content (AvgIpc) is 2.86. The van der Waals surface area contributed by atoms with E-state index in [4.69, 9.17) is 10.9 Å². The maximum atomic E-state index is 9.13. The molecule has 2 heterocycles. The summed E-state index contributed by atoms with van der Waals surface area (Å²) in [7, 11) is 0. The first kappa shape index (κ1) is 14.0. The standard InChI is InChI=1S/C12H19N5OS/c1-7(2)9(3-5-18)14-10-8-4-6-19-11(8)16-12(15-10)17-13/h4,6-7,9,18H,3,5,13H2,1-2H3,(H2,14,15,16,17). The maximum absolute atomic E-state index is 9.13. The Morgan fingerprint density at radius 2 is 2.21 bits per heavy atom. The van der Waals surface area contributed by atoms with Gasteiger partial charge in [0, 0.05) is 12.6 Å². The smallest absolute Gasteiger partial charge is 0.240 e. The zero-order valence-corrected chi connectivity index (χ0v) is 11.9. The van der Waals surface area contributed by atoms with E-state index in [1.807, 2.05) is 11.4 Å². The van der Waals surface area contributed by atoms with Gasteiger partial charge in [-0.2, -0.15) is 4.98 Å². The van der Waals surface area contributed by atoms with Crippen molar-refractivity contribution >= 4 is 33.3 Å². The summed E-state index contributed by atoms with van der Waals surface area (Å²) in [6, 6.07) is 2.15. The van der Waals surface area contributed by atoms with Crippen LogP contribution in [0, 0.1) is 5.92 Å². The molecule has 0 saturated carbocycles. The summed E-state index contributed by atoms with van der Waals surface area (Å²) in [6.07, 6.45) is 0.679. The van der Waals surface area contributed by atoms with Gasteiger partial charge in [-0.3, -0.25) is 5.43 Å². The van der Waals surface area contributed by atoms with Crippen molar-refractivity contribution in [2.24, 2.45) is 11.8 Å².